The lowest BCUT2D eigenvalue weighted by molar-refractivity contribution is 1.65. The van der Waals surface area contributed by atoms with Gasteiger partial charge in [0.1, 0.15) is 0 Å². The number of fused-ring (bicyclic) bond motifs is 4. The fraction of sp³-hybridized carbons (Fsp3) is 0. The van der Waals surface area contributed by atoms with Gasteiger partial charge >= 0.3 is 0 Å². The van der Waals surface area contributed by atoms with Crippen molar-refractivity contribution in [2.24, 2.45) is 0 Å². The molecule has 0 aliphatic rings. The van der Waals surface area contributed by atoms with Crippen LogP contribution in [0.4, 0.5) is 0 Å². The summed E-state index contributed by atoms with van der Waals surface area (Å²) in [4.78, 5) is 0. The molecule has 0 aromatic heterocycles. The first-order valence-electron chi connectivity index (χ1n) is 13.9. The Morgan fingerprint density at radius 2 is 0.825 bits per heavy atom. The molecule has 0 heteroatoms. The van der Waals surface area contributed by atoms with Crippen molar-refractivity contribution in [1.82, 2.24) is 0 Å². The summed E-state index contributed by atoms with van der Waals surface area (Å²) >= 11 is 0. The van der Waals surface area contributed by atoms with Gasteiger partial charge in [0.05, 0.1) is 0 Å². The minimum atomic E-state index is 1.24. The third kappa shape index (κ3) is 3.69. The first kappa shape index (κ1) is 22.8. The Balaban J connectivity index is 1.40. The van der Waals surface area contributed by atoms with E-state index in [9.17, 15) is 0 Å². The SMILES string of the molecule is c1ccc(-c2c3ccc(-c4cccc5ccccc45)cc3cc3ccc(-c4cccc5ccccc45)cc23)cc1. The molecular weight excluding hydrogens is 480 g/mol. The van der Waals surface area contributed by atoms with Crippen LogP contribution in [0.15, 0.2) is 158 Å². The molecule has 0 aliphatic carbocycles. The molecule has 0 atom stereocenters. The Morgan fingerprint density at radius 1 is 0.250 bits per heavy atom. The standard InChI is InChI=1S/C40H26/c1-2-12-29(13-3-1)40-38-23-22-30(36-18-8-14-27-10-4-6-16-34(27)36)24-33(38)25-31-20-21-32(26-39(31)40)37-19-9-15-28-11-5-7-17-35(28)37/h1-26H. The first-order chi connectivity index (χ1) is 19.8. The van der Waals surface area contributed by atoms with Gasteiger partial charge in [-0.3, -0.25) is 0 Å². The van der Waals surface area contributed by atoms with Gasteiger partial charge in [0.15, 0.2) is 0 Å². The van der Waals surface area contributed by atoms with Crippen molar-refractivity contribution in [3.63, 3.8) is 0 Å². The average molecular weight is 507 g/mol. The topological polar surface area (TPSA) is 0 Å². The largest absolute Gasteiger partial charge is 0.0622 e. The molecule has 0 saturated heterocycles. The number of benzene rings is 8. The van der Waals surface area contributed by atoms with E-state index in [1.807, 2.05) is 0 Å². The van der Waals surface area contributed by atoms with Crippen LogP contribution in [-0.4, -0.2) is 0 Å². The second-order valence-corrected chi connectivity index (χ2v) is 10.5. The number of hydrogen-bond donors (Lipinski definition) is 0. The smallest absolute Gasteiger partial charge is 0.00266 e. The van der Waals surface area contributed by atoms with Crippen molar-refractivity contribution >= 4 is 43.1 Å². The molecule has 8 aromatic carbocycles. The van der Waals surface area contributed by atoms with Gasteiger partial charge in [-0.15, -0.1) is 0 Å². The van der Waals surface area contributed by atoms with E-state index < -0.39 is 0 Å². The molecule has 0 fully saturated rings. The molecule has 0 nitrogen and oxygen atoms in total. The van der Waals surface area contributed by atoms with Crippen LogP contribution in [0.1, 0.15) is 0 Å². The fourth-order valence-corrected chi connectivity index (χ4v) is 6.33. The summed E-state index contributed by atoms with van der Waals surface area (Å²) in [7, 11) is 0. The Bertz CT molecular complexity index is 2190. The van der Waals surface area contributed by atoms with Gasteiger partial charge in [-0.2, -0.15) is 0 Å². The van der Waals surface area contributed by atoms with E-state index in [4.69, 9.17) is 0 Å². The number of hydrogen-bond acceptors (Lipinski definition) is 0. The maximum atomic E-state index is 2.39. The van der Waals surface area contributed by atoms with Gasteiger partial charge in [-0.25, -0.2) is 0 Å². The van der Waals surface area contributed by atoms with Crippen molar-refractivity contribution in [1.29, 1.82) is 0 Å². The Morgan fingerprint density at radius 3 is 1.52 bits per heavy atom. The van der Waals surface area contributed by atoms with Crippen molar-refractivity contribution in [2.45, 2.75) is 0 Å². The van der Waals surface area contributed by atoms with E-state index in [0.717, 1.165) is 0 Å². The van der Waals surface area contributed by atoms with Gasteiger partial charge in [0, 0.05) is 0 Å². The van der Waals surface area contributed by atoms with Crippen LogP contribution in [0, 0.1) is 0 Å². The van der Waals surface area contributed by atoms with Gasteiger partial charge in [0.2, 0.25) is 0 Å². The van der Waals surface area contributed by atoms with Gasteiger partial charge in [0.25, 0.3) is 0 Å². The van der Waals surface area contributed by atoms with E-state index in [1.165, 1.54) is 76.5 Å². The van der Waals surface area contributed by atoms with Gasteiger partial charge in [-0.05, 0) is 94.7 Å². The highest BCUT2D eigenvalue weighted by molar-refractivity contribution is 6.15. The summed E-state index contributed by atoms with van der Waals surface area (Å²) in [6.07, 6.45) is 0. The van der Waals surface area contributed by atoms with Crippen LogP contribution in [0.2, 0.25) is 0 Å². The van der Waals surface area contributed by atoms with E-state index in [2.05, 4.69) is 158 Å². The van der Waals surface area contributed by atoms with Crippen LogP contribution in [-0.2, 0) is 0 Å². The normalized spacial score (nSPS) is 11.5. The molecule has 0 spiro atoms. The Hall–Kier alpha value is -5.20. The van der Waals surface area contributed by atoms with Gasteiger partial charge in [-0.1, -0.05) is 140 Å². The first-order valence-corrected chi connectivity index (χ1v) is 13.9. The van der Waals surface area contributed by atoms with E-state index in [0.29, 0.717) is 0 Å². The summed E-state index contributed by atoms with van der Waals surface area (Å²) in [5.41, 5.74) is 7.56. The van der Waals surface area contributed by atoms with Gasteiger partial charge < -0.3 is 0 Å². The zero-order valence-corrected chi connectivity index (χ0v) is 22.0. The lowest BCUT2D eigenvalue weighted by Gasteiger charge is -2.16. The molecule has 8 aromatic rings. The zero-order chi connectivity index (χ0) is 26.5. The maximum Gasteiger partial charge on any atom is -0.00266 e. The summed E-state index contributed by atoms with van der Waals surface area (Å²) < 4.78 is 0. The second-order valence-electron chi connectivity index (χ2n) is 10.5. The van der Waals surface area contributed by atoms with E-state index in [1.54, 1.807) is 0 Å². The second kappa shape index (κ2) is 9.22. The molecular formula is C40H26. The minimum Gasteiger partial charge on any atom is -0.0622 e. The molecule has 0 heterocycles. The molecule has 0 unspecified atom stereocenters. The molecule has 0 amide bonds. The van der Waals surface area contributed by atoms with E-state index >= 15 is 0 Å². The molecule has 0 radical (unpaired) electrons. The van der Waals surface area contributed by atoms with Crippen LogP contribution in [0.3, 0.4) is 0 Å². The predicted octanol–water partition coefficient (Wildman–Crippen LogP) is 11.3. The summed E-state index contributed by atoms with van der Waals surface area (Å²) in [5.74, 6) is 0. The molecule has 0 bridgehead atoms. The van der Waals surface area contributed by atoms with Crippen molar-refractivity contribution < 1.29 is 0 Å². The van der Waals surface area contributed by atoms with Crippen molar-refractivity contribution in [3.05, 3.63) is 158 Å². The maximum absolute atomic E-state index is 2.39. The number of rotatable bonds is 3. The lowest BCUT2D eigenvalue weighted by atomic mass is 9.88. The zero-order valence-electron chi connectivity index (χ0n) is 22.0. The predicted molar refractivity (Wildman–Crippen MR) is 173 cm³/mol. The molecule has 186 valence electrons. The highest BCUT2D eigenvalue weighted by Crippen LogP contribution is 2.41. The van der Waals surface area contributed by atoms with Crippen LogP contribution >= 0.6 is 0 Å². The van der Waals surface area contributed by atoms with Crippen LogP contribution in [0.5, 0.6) is 0 Å². The van der Waals surface area contributed by atoms with Crippen molar-refractivity contribution in [3.8, 4) is 33.4 Å². The quantitative estimate of drug-likeness (QED) is 0.209. The van der Waals surface area contributed by atoms with Crippen molar-refractivity contribution in [2.75, 3.05) is 0 Å². The molecule has 40 heavy (non-hydrogen) atoms. The molecule has 0 N–H and O–H groups in total. The van der Waals surface area contributed by atoms with E-state index in [-0.39, 0.29) is 0 Å². The monoisotopic (exact) mass is 506 g/mol. The third-order valence-corrected chi connectivity index (χ3v) is 8.22. The highest BCUT2D eigenvalue weighted by atomic mass is 14.2. The highest BCUT2D eigenvalue weighted by Gasteiger charge is 2.14. The Labute approximate surface area is 233 Å². The fourth-order valence-electron chi connectivity index (χ4n) is 6.33. The molecule has 0 saturated carbocycles. The molecule has 0 aliphatic heterocycles. The summed E-state index contributed by atoms with van der Waals surface area (Å²) in [5, 5.41) is 10.2. The van der Waals surface area contributed by atoms with Crippen LogP contribution in [0.25, 0.3) is 76.5 Å². The molecule has 8 rings (SSSR count). The Kier molecular flexibility index (Phi) is 5.24. The third-order valence-electron chi connectivity index (χ3n) is 8.22. The lowest BCUT2D eigenvalue weighted by Crippen LogP contribution is -1.89. The minimum absolute atomic E-state index is 1.24. The summed E-state index contributed by atoms with van der Waals surface area (Å²) in [6, 6.07) is 57.6. The van der Waals surface area contributed by atoms with Crippen LogP contribution < -0.4 is 0 Å². The summed E-state index contributed by atoms with van der Waals surface area (Å²) in [6.45, 7) is 0. The average Bonchev–Trinajstić information content (AvgIpc) is 3.03.